The van der Waals surface area contributed by atoms with Crippen molar-refractivity contribution in [1.82, 2.24) is 14.9 Å². The molecule has 2 fully saturated rings. The van der Waals surface area contributed by atoms with Crippen molar-refractivity contribution in [1.29, 1.82) is 0 Å². The summed E-state index contributed by atoms with van der Waals surface area (Å²) in [7, 11) is 0. The van der Waals surface area contributed by atoms with Gasteiger partial charge in [-0.15, -0.1) is 0 Å². The first-order valence-corrected chi connectivity index (χ1v) is 10.0. The van der Waals surface area contributed by atoms with Gasteiger partial charge in [0.25, 0.3) is 0 Å². The molecule has 1 amide bonds. The van der Waals surface area contributed by atoms with Crippen molar-refractivity contribution in [3.05, 3.63) is 18.1 Å². The highest BCUT2D eigenvalue weighted by Crippen LogP contribution is 2.30. The van der Waals surface area contributed by atoms with E-state index in [4.69, 9.17) is 9.84 Å². The summed E-state index contributed by atoms with van der Waals surface area (Å²) in [5.74, 6) is 1.39. The van der Waals surface area contributed by atoms with Gasteiger partial charge >= 0.3 is 6.09 Å². The van der Waals surface area contributed by atoms with E-state index in [2.05, 4.69) is 14.9 Å². The van der Waals surface area contributed by atoms with E-state index in [1.165, 1.54) is 19.3 Å². The molecular weight excluding hydrogens is 344 g/mol. The molecule has 7 heteroatoms. The van der Waals surface area contributed by atoms with Gasteiger partial charge in [0.15, 0.2) is 0 Å². The fraction of sp³-hybridized carbons (Fsp3) is 0.750. The summed E-state index contributed by atoms with van der Waals surface area (Å²) in [6.45, 7) is 8.05. The molecule has 3 rings (SSSR count). The molecule has 2 heterocycles. The largest absolute Gasteiger partial charge is 0.444 e. The smallest absolute Gasteiger partial charge is 0.410 e. The summed E-state index contributed by atoms with van der Waals surface area (Å²) in [6.07, 6.45) is 8.74. The maximum atomic E-state index is 12.9. The van der Waals surface area contributed by atoms with Gasteiger partial charge in [0.1, 0.15) is 11.4 Å². The van der Waals surface area contributed by atoms with Gasteiger partial charge in [-0.2, -0.15) is 0 Å². The van der Waals surface area contributed by atoms with E-state index >= 15 is 0 Å². The Morgan fingerprint density at radius 2 is 2.04 bits per heavy atom. The molecule has 1 saturated carbocycles. The number of anilines is 1. The summed E-state index contributed by atoms with van der Waals surface area (Å²) in [4.78, 5) is 25.7. The van der Waals surface area contributed by atoms with Crippen LogP contribution in [0.3, 0.4) is 0 Å². The average molecular weight is 377 g/mol. The minimum Gasteiger partial charge on any atom is -0.444 e. The van der Waals surface area contributed by atoms with E-state index in [1.807, 2.05) is 25.7 Å². The number of amides is 1. The minimum atomic E-state index is -0.491. The molecule has 2 aliphatic rings. The van der Waals surface area contributed by atoms with Gasteiger partial charge in [-0.25, -0.2) is 9.78 Å². The summed E-state index contributed by atoms with van der Waals surface area (Å²) >= 11 is 0. The molecule has 27 heavy (non-hydrogen) atoms. The molecule has 1 aliphatic heterocycles. The van der Waals surface area contributed by atoms with Gasteiger partial charge in [-0.1, -0.05) is 6.42 Å². The van der Waals surface area contributed by atoms with Gasteiger partial charge in [0.05, 0.1) is 30.7 Å². The molecule has 1 aromatic heterocycles. The standard InChI is InChI=1S/C20H32N4O3/c1-20(2,3)27-19(26)24(12-15-6-4-7-15)17-8-5-9-23(13-17)18-11-21-16(14-25)10-22-18/h10-11,15,17,25H,4-9,12-14H2,1-3H3. The van der Waals surface area contributed by atoms with Crippen LogP contribution in [0.2, 0.25) is 0 Å². The van der Waals surface area contributed by atoms with E-state index < -0.39 is 5.60 Å². The number of hydrogen-bond acceptors (Lipinski definition) is 6. The highest BCUT2D eigenvalue weighted by Gasteiger charge is 2.34. The molecule has 0 spiro atoms. The van der Waals surface area contributed by atoms with Crippen molar-refractivity contribution in [2.45, 2.75) is 71.1 Å². The second-order valence-corrected chi connectivity index (χ2v) is 8.70. The lowest BCUT2D eigenvalue weighted by Crippen LogP contribution is -2.53. The summed E-state index contributed by atoms with van der Waals surface area (Å²) in [6, 6.07) is 0.119. The fourth-order valence-electron chi connectivity index (χ4n) is 3.66. The molecule has 0 radical (unpaired) electrons. The van der Waals surface area contributed by atoms with E-state index in [0.29, 0.717) is 11.6 Å². The van der Waals surface area contributed by atoms with Gasteiger partial charge in [-0.3, -0.25) is 4.98 Å². The third kappa shape index (κ3) is 5.31. The number of piperidine rings is 1. The zero-order valence-corrected chi connectivity index (χ0v) is 16.7. The molecule has 1 atom stereocenters. The van der Waals surface area contributed by atoms with Crippen molar-refractivity contribution >= 4 is 11.9 Å². The second-order valence-electron chi connectivity index (χ2n) is 8.70. The van der Waals surface area contributed by atoms with E-state index in [1.54, 1.807) is 12.4 Å². The molecular formula is C20H32N4O3. The quantitative estimate of drug-likeness (QED) is 0.851. The molecule has 1 aromatic rings. The summed E-state index contributed by atoms with van der Waals surface area (Å²) in [5.41, 5.74) is 0.0715. The highest BCUT2D eigenvalue weighted by atomic mass is 16.6. The molecule has 1 aliphatic carbocycles. The van der Waals surface area contributed by atoms with E-state index in [9.17, 15) is 4.79 Å². The number of aliphatic hydroxyl groups excluding tert-OH is 1. The van der Waals surface area contributed by atoms with Gasteiger partial charge in [-0.05, 0) is 52.4 Å². The van der Waals surface area contributed by atoms with Crippen LogP contribution in [0.15, 0.2) is 12.4 Å². The third-order valence-corrected chi connectivity index (χ3v) is 5.32. The molecule has 0 aromatic carbocycles. The first kappa shape index (κ1) is 19.9. The Balaban J connectivity index is 1.71. The average Bonchev–Trinajstić information content (AvgIpc) is 2.59. The zero-order valence-electron chi connectivity index (χ0n) is 16.7. The number of nitrogens with zero attached hydrogens (tertiary/aromatic N) is 4. The summed E-state index contributed by atoms with van der Waals surface area (Å²) in [5, 5.41) is 9.15. The summed E-state index contributed by atoms with van der Waals surface area (Å²) < 4.78 is 5.71. The van der Waals surface area contributed by atoms with Crippen LogP contribution in [0, 0.1) is 5.92 Å². The predicted octanol–water partition coefficient (Wildman–Crippen LogP) is 2.97. The highest BCUT2D eigenvalue weighted by molar-refractivity contribution is 5.68. The Morgan fingerprint density at radius 3 is 2.59 bits per heavy atom. The van der Waals surface area contributed by atoms with Crippen LogP contribution in [0.1, 0.15) is 58.6 Å². The van der Waals surface area contributed by atoms with Crippen LogP contribution in [-0.2, 0) is 11.3 Å². The van der Waals surface area contributed by atoms with E-state index in [-0.39, 0.29) is 18.7 Å². The number of carbonyl (C=O) groups excluding carboxylic acids is 1. The third-order valence-electron chi connectivity index (χ3n) is 5.32. The number of aromatic nitrogens is 2. The normalized spacial score (nSPS) is 20.9. The monoisotopic (exact) mass is 376 g/mol. The number of carbonyl (C=O) groups is 1. The Morgan fingerprint density at radius 1 is 1.26 bits per heavy atom. The Labute approximate surface area is 161 Å². The number of rotatable bonds is 5. The minimum absolute atomic E-state index is 0.107. The van der Waals surface area contributed by atoms with Crippen molar-refractivity contribution in [3.63, 3.8) is 0 Å². The molecule has 1 unspecified atom stereocenters. The molecule has 7 nitrogen and oxygen atoms in total. The second kappa shape index (κ2) is 8.42. The van der Waals surface area contributed by atoms with Crippen molar-refractivity contribution < 1.29 is 14.6 Å². The maximum Gasteiger partial charge on any atom is 0.410 e. The SMILES string of the molecule is CC(C)(C)OC(=O)N(CC1CCC1)C1CCCN(c2cnc(CO)cn2)C1. The fourth-order valence-corrected chi connectivity index (χ4v) is 3.66. The van der Waals surface area contributed by atoms with Crippen molar-refractivity contribution in [2.75, 3.05) is 24.5 Å². The van der Waals surface area contributed by atoms with Crippen LogP contribution >= 0.6 is 0 Å². The Kier molecular flexibility index (Phi) is 6.19. The lowest BCUT2D eigenvalue weighted by Gasteiger charge is -2.42. The predicted molar refractivity (Wildman–Crippen MR) is 103 cm³/mol. The zero-order chi connectivity index (χ0) is 19.4. The Bertz CT molecular complexity index is 625. The number of aliphatic hydroxyl groups is 1. The van der Waals surface area contributed by atoms with Crippen LogP contribution in [-0.4, -0.2) is 57.3 Å². The van der Waals surface area contributed by atoms with Crippen LogP contribution < -0.4 is 4.90 Å². The molecule has 150 valence electrons. The number of hydrogen-bond donors (Lipinski definition) is 1. The van der Waals surface area contributed by atoms with Crippen molar-refractivity contribution in [2.24, 2.45) is 5.92 Å². The molecule has 1 saturated heterocycles. The topological polar surface area (TPSA) is 78.8 Å². The first-order valence-electron chi connectivity index (χ1n) is 10.0. The Hall–Kier alpha value is -1.89. The number of ether oxygens (including phenoxy) is 1. The lowest BCUT2D eigenvalue weighted by atomic mass is 9.84. The van der Waals surface area contributed by atoms with Crippen LogP contribution in [0.4, 0.5) is 10.6 Å². The van der Waals surface area contributed by atoms with Crippen LogP contribution in [0.5, 0.6) is 0 Å². The first-order chi connectivity index (χ1) is 12.9. The molecule has 1 N–H and O–H groups in total. The van der Waals surface area contributed by atoms with Gasteiger partial charge in [0, 0.05) is 19.6 Å². The molecule has 0 bridgehead atoms. The van der Waals surface area contributed by atoms with Gasteiger partial charge in [0.2, 0.25) is 0 Å². The van der Waals surface area contributed by atoms with E-state index in [0.717, 1.165) is 38.3 Å². The van der Waals surface area contributed by atoms with Gasteiger partial charge < -0.3 is 19.6 Å². The maximum absolute atomic E-state index is 12.9. The van der Waals surface area contributed by atoms with Crippen molar-refractivity contribution in [3.8, 4) is 0 Å². The lowest BCUT2D eigenvalue weighted by molar-refractivity contribution is 0.00733. The van der Waals surface area contributed by atoms with Crippen LogP contribution in [0.25, 0.3) is 0 Å².